The fraction of sp³-hybridized carbons (Fsp3) is 0.211. The summed E-state index contributed by atoms with van der Waals surface area (Å²) < 4.78 is 5.97. The van der Waals surface area contributed by atoms with Crippen molar-refractivity contribution in [3.63, 3.8) is 0 Å². The van der Waals surface area contributed by atoms with Crippen LogP contribution >= 0.6 is 0 Å². The monoisotopic (exact) mass is 323 g/mol. The number of carbonyl (C=O) groups excluding carboxylic acids is 1. The maximum atomic E-state index is 11.1. The molecule has 24 heavy (non-hydrogen) atoms. The Morgan fingerprint density at radius 1 is 1.21 bits per heavy atom. The zero-order chi connectivity index (χ0) is 16.9. The van der Waals surface area contributed by atoms with Crippen LogP contribution in [0.25, 0.3) is 10.9 Å². The number of fused-ring (bicyclic) bond motifs is 1. The number of ether oxygens (including phenoxy) is 1. The van der Waals surface area contributed by atoms with E-state index < -0.39 is 0 Å². The van der Waals surface area contributed by atoms with Crippen molar-refractivity contribution in [1.82, 2.24) is 10.3 Å². The van der Waals surface area contributed by atoms with Crippen molar-refractivity contribution in [3.05, 3.63) is 65.9 Å². The molecule has 0 fully saturated rings. The molecule has 0 radical (unpaired) electrons. The molecule has 0 saturated heterocycles. The van der Waals surface area contributed by atoms with E-state index in [1.165, 1.54) is 0 Å². The van der Waals surface area contributed by atoms with Gasteiger partial charge in [0.15, 0.2) is 0 Å². The Labute approximate surface area is 140 Å². The molecule has 4 N–H and O–H groups in total. The Hall–Kier alpha value is -2.79. The quantitative estimate of drug-likeness (QED) is 0.625. The van der Waals surface area contributed by atoms with Crippen LogP contribution in [-0.2, 0) is 17.9 Å². The number of aromatic nitrogens is 1. The summed E-state index contributed by atoms with van der Waals surface area (Å²) in [5.74, 6) is 0.508. The molecule has 124 valence electrons. The van der Waals surface area contributed by atoms with Gasteiger partial charge in [-0.15, -0.1) is 0 Å². The van der Waals surface area contributed by atoms with Gasteiger partial charge in [-0.05, 0) is 36.2 Å². The molecule has 0 aliphatic carbocycles. The number of aromatic amines is 1. The second kappa shape index (κ2) is 7.19. The van der Waals surface area contributed by atoms with E-state index >= 15 is 0 Å². The molecule has 5 heteroatoms. The highest BCUT2D eigenvalue weighted by molar-refractivity contribution is 5.85. The zero-order valence-electron chi connectivity index (χ0n) is 13.6. The van der Waals surface area contributed by atoms with Crippen molar-refractivity contribution in [3.8, 4) is 5.75 Å². The van der Waals surface area contributed by atoms with Crippen LogP contribution in [0.2, 0.25) is 0 Å². The Kier molecular flexibility index (Phi) is 4.82. The summed E-state index contributed by atoms with van der Waals surface area (Å²) in [6, 6.07) is 15.7. The van der Waals surface area contributed by atoms with Crippen LogP contribution in [0.1, 0.15) is 18.1 Å². The Morgan fingerprint density at radius 3 is 2.83 bits per heavy atom. The van der Waals surface area contributed by atoms with E-state index in [-0.39, 0.29) is 11.9 Å². The highest BCUT2D eigenvalue weighted by atomic mass is 16.5. The molecule has 1 aromatic heterocycles. The molecule has 5 nitrogen and oxygen atoms in total. The lowest BCUT2D eigenvalue weighted by Gasteiger charge is -2.12. The predicted octanol–water partition coefficient (Wildman–Crippen LogP) is 2.71. The largest absolute Gasteiger partial charge is 0.488 e. The van der Waals surface area contributed by atoms with E-state index in [4.69, 9.17) is 10.5 Å². The van der Waals surface area contributed by atoms with E-state index in [1.807, 2.05) is 48.7 Å². The van der Waals surface area contributed by atoms with Gasteiger partial charge in [-0.2, -0.15) is 0 Å². The van der Waals surface area contributed by atoms with Crippen molar-refractivity contribution in [1.29, 1.82) is 0 Å². The Bertz CT molecular complexity index is 841. The first-order chi connectivity index (χ1) is 11.6. The summed E-state index contributed by atoms with van der Waals surface area (Å²) in [5, 5.41) is 4.18. The molecule has 0 aliphatic rings. The predicted molar refractivity (Wildman–Crippen MR) is 94.6 cm³/mol. The van der Waals surface area contributed by atoms with Crippen molar-refractivity contribution >= 4 is 16.8 Å². The third-order valence-corrected chi connectivity index (χ3v) is 3.98. The maximum Gasteiger partial charge on any atom is 0.234 e. The van der Waals surface area contributed by atoms with E-state index in [2.05, 4.69) is 16.4 Å². The van der Waals surface area contributed by atoms with E-state index in [0.717, 1.165) is 27.8 Å². The number of benzene rings is 2. The summed E-state index contributed by atoms with van der Waals surface area (Å²) >= 11 is 0. The molecule has 0 unspecified atom stereocenters. The van der Waals surface area contributed by atoms with Crippen molar-refractivity contribution in [2.24, 2.45) is 5.73 Å². The number of hydrogen-bond donors (Lipinski definition) is 3. The SMILES string of the molecule is C[C@@H](NCc1cccc(COc2cccc3[nH]ccc23)c1)C(N)=O. The van der Waals surface area contributed by atoms with Crippen LogP contribution in [0.15, 0.2) is 54.7 Å². The van der Waals surface area contributed by atoms with Gasteiger partial charge in [-0.3, -0.25) is 4.79 Å². The third-order valence-electron chi connectivity index (χ3n) is 3.98. The molecular weight excluding hydrogens is 302 g/mol. The van der Waals surface area contributed by atoms with Gasteiger partial charge in [0.2, 0.25) is 5.91 Å². The number of H-pyrrole nitrogens is 1. The Morgan fingerprint density at radius 2 is 2.00 bits per heavy atom. The minimum atomic E-state index is -0.353. The van der Waals surface area contributed by atoms with Gasteiger partial charge in [0, 0.05) is 23.6 Å². The molecule has 3 aromatic rings. The summed E-state index contributed by atoms with van der Waals surface area (Å²) in [4.78, 5) is 14.2. The molecule has 3 rings (SSSR count). The zero-order valence-corrected chi connectivity index (χ0v) is 13.6. The molecule has 1 amide bonds. The lowest BCUT2D eigenvalue weighted by atomic mass is 10.1. The van der Waals surface area contributed by atoms with Gasteiger partial charge in [0.1, 0.15) is 12.4 Å². The lowest BCUT2D eigenvalue weighted by molar-refractivity contribution is -0.119. The van der Waals surface area contributed by atoms with Gasteiger partial charge in [-0.1, -0.05) is 30.3 Å². The molecular formula is C19H21N3O2. The number of amides is 1. The van der Waals surface area contributed by atoms with E-state index in [0.29, 0.717) is 13.2 Å². The number of hydrogen-bond acceptors (Lipinski definition) is 3. The molecule has 1 atom stereocenters. The first-order valence-corrected chi connectivity index (χ1v) is 7.93. The number of nitrogens with two attached hydrogens (primary N) is 1. The number of carbonyl (C=O) groups is 1. The van der Waals surface area contributed by atoms with Crippen molar-refractivity contribution in [2.75, 3.05) is 0 Å². The van der Waals surface area contributed by atoms with Crippen LogP contribution in [0, 0.1) is 0 Å². The summed E-state index contributed by atoms with van der Waals surface area (Å²) in [6.45, 7) is 2.83. The van der Waals surface area contributed by atoms with Gasteiger partial charge in [0.05, 0.1) is 6.04 Å². The normalized spacial score (nSPS) is 12.2. The highest BCUT2D eigenvalue weighted by Gasteiger charge is 2.07. The smallest absolute Gasteiger partial charge is 0.234 e. The summed E-state index contributed by atoms with van der Waals surface area (Å²) in [6.07, 6.45) is 1.91. The first-order valence-electron chi connectivity index (χ1n) is 7.93. The van der Waals surface area contributed by atoms with Gasteiger partial charge in [0.25, 0.3) is 0 Å². The summed E-state index contributed by atoms with van der Waals surface area (Å²) in [5.41, 5.74) is 8.48. The lowest BCUT2D eigenvalue weighted by Crippen LogP contribution is -2.38. The number of primary amides is 1. The van der Waals surface area contributed by atoms with Gasteiger partial charge < -0.3 is 20.8 Å². The highest BCUT2D eigenvalue weighted by Crippen LogP contribution is 2.25. The van der Waals surface area contributed by atoms with E-state index in [9.17, 15) is 4.79 Å². The van der Waals surface area contributed by atoms with Crippen molar-refractivity contribution < 1.29 is 9.53 Å². The minimum Gasteiger partial charge on any atom is -0.488 e. The molecule has 2 aromatic carbocycles. The minimum absolute atomic E-state index is 0.351. The topological polar surface area (TPSA) is 80.1 Å². The average molecular weight is 323 g/mol. The third kappa shape index (κ3) is 3.75. The molecule has 0 aliphatic heterocycles. The Balaban J connectivity index is 1.64. The maximum absolute atomic E-state index is 11.1. The summed E-state index contributed by atoms with van der Waals surface area (Å²) in [7, 11) is 0. The van der Waals surface area contributed by atoms with Gasteiger partial charge in [-0.25, -0.2) is 0 Å². The van der Waals surface area contributed by atoms with Crippen LogP contribution < -0.4 is 15.8 Å². The van der Waals surface area contributed by atoms with Crippen LogP contribution in [0.3, 0.4) is 0 Å². The second-order valence-electron chi connectivity index (χ2n) is 5.81. The molecule has 0 spiro atoms. The second-order valence-corrected chi connectivity index (χ2v) is 5.81. The molecule has 1 heterocycles. The van der Waals surface area contributed by atoms with Crippen LogP contribution in [-0.4, -0.2) is 16.9 Å². The number of nitrogens with one attached hydrogen (secondary N) is 2. The fourth-order valence-electron chi connectivity index (χ4n) is 2.54. The fourth-order valence-corrected chi connectivity index (χ4v) is 2.54. The molecule has 0 bridgehead atoms. The standard InChI is InChI=1S/C19H21N3O2/c1-13(19(20)23)22-11-14-4-2-5-15(10-14)12-24-18-7-3-6-17-16(18)8-9-21-17/h2-10,13,21-22H,11-12H2,1H3,(H2,20,23)/t13-/m1/s1. The number of rotatable bonds is 7. The van der Waals surface area contributed by atoms with E-state index in [1.54, 1.807) is 6.92 Å². The average Bonchev–Trinajstić information content (AvgIpc) is 3.07. The first kappa shape index (κ1) is 16.1. The van der Waals surface area contributed by atoms with Crippen LogP contribution in [0.4, 0.5) is 0 Å². The van der Waals surface area contributed by atoms with Crippen molar-refractivity contribution in [2.45, 2.75) is 26.1 Å². The van der Waals surface area contributed by atoms with Crippen LogP contribution in [0.5, 0.6) is 5.75 Å². The van der Waals surface area contributed by atoms with Gasteiger partial charge >= 0.3 is 0 Å². The molecule has 0 saturated carbocycles.